The third-order valence-electron chi connectivity index (χ3n) is 4.78. The van der Waals surface area contributed by atoms with Gasteiger partial charge in [-0.25, -0.2) is 9.37 Å². The van der Waals surface area contributed by atoms with E-state index in [4.69, 9.17) is 4.74 Å². The fourth-order valence-corrected chi connectivity index (χ4v) is 3.19. The van der Waals surface area contributed by atoms with Gasteiger partial charge in [-0.2, -0.15) is 0 Å². The summed E-state index contributed by atoms with van der Waals surface area (Å²) in [6, 6.07) is 21.2. The normalized spacial score (nSPS) is 10.6. The summed E-state index contributed by atoms with van der Waals surface area (Å²) in [5.41, 5.74) is 3.54. The molecule has 1 N–H and O–H groups in total. The van der Waals surface area contributed by atoms with Crippen LogP contribution in [-0.4, -0.2) is 15.5 Å². The van der Waals surface area contributed by atoms with Gasteiger partial charge in [-0.15, -0.1) is 0 Å². The highest BCUT2D eigenvalue weighted by molar-refractivity contribution is 5.94. The van der Waals surface area contributed by atoms with Crippen LogP contribution in [0.3, 0.4) is 0 Å². The van der Waals surface area contributed by atoms with Crippen LogP contribution in [0.2, 0.25) is 0 Å². The predicted octanol–water partition coefficient (Wildman–Crippen LogP) is 4.58. The number of halogens is 1. The molecule has 156 valence electrons. The van der Waals surface area contributed by atoms with Gasteiger partial charge in [0.2, 0.25) is 0 Å². The third-order valence-corrected chi connectivity index (χ3v) is 4.78. The van der Waals surface area contributed by atoms with Crippen molar-refractivity contribution in [1.82, 2.24) is 14.9 Å². The van der Waals surface area contributed by atoms with Gasteiger partial charge in [0.15, 0.2) is 0 Å². The Morgan fingerprint density at radius 3 is 2.58 bits per heavy atom. The first kappa shape index (κ1) is 20.3. The fraction of sp³-hybridized carbons (Fsp3) is 0.120. The molecule has 1 heterocycles. The standard InChI is InChI=1S/C25H22FN3O2/c26-23-9-7-19(8-10-23)17-31-24-6-2-5-22(14-24)25(30)28-15-20-3-1-4-21(13-20)16-29-12-11-27-18-29/h1-14,18H,15-17H2,(H,28,30). The van der Waals surface area contributed by atoms with Gasteiger partial charge in [0, 0.05) is 31.0 Å². The third kappa shape index (κ3) is 5.79. The van der Waals surface area contributed by atoms with Crippen LogP contribution in [0, 0.1) is 5.82 Å². The van der Waals surface area contributed by atoms with Gasteiger partial charge in [-0.05, 0) is 47.0 Å². The second kappa shape index (κ2) is 9.71. The monoisotopic (exact) mass is 415 g/mol. The van der Waals surface area contributed by atoms with Crippen molar-refractivity contribution in [3.63, 3.8) is 0 Å². The lowest BCUT2D eigenvalue weighted by molar-refractivity contribution is 0.0950. The number of carbonyl (C=O) groups is 1. The quantitative estimate of drug-likeness (QED) is 0.458. The maximum atomic E-state index is 13.0. The summed E-state index contributed by atoms with van der Waals surface area (Å²) in [5.74, 6) is 0.126. The zero-order valence-electron chi connectivity index (χ0n) is 16.9. The van der Waals surface area contributed by atoms with Gasteiger partial charge in [0.1, 0.15) is 18.2 Å². The zero-order valence-corrected chi connectivity index (χ0v) is 16.9. The number of benzene rings is 3. The van der Waals surface area contributed by atoms with Crippen molar-refractivity contribution < 1.29 is 13.9 Å². The van der Waals surface area contributed by atoms with E-state index in [0.29, 0.717) is 24.5 Å². The molecule has 0 radical (unpaired) electrons. The summed E-state index contributed by atoms with van der Waals surface area (Å²) < 4.78 is 20.7. The number of rotatable bonds is 8. The maximum Gasteiger partial charge on any atom is 0.251 e. The van der Waals surface area contributed by atoms with Crippen LogP contribution in [0.25, 0.3) is 0 Å². The Hall–Kier alpha value is -3.93. The van der Waals surface area contributed by atoms with Crippen LogP contribution >= 0.6 is 0 Å². The Balaban J connectivity index is 1.33. The Morgan fingerprint density at radius 2 is 1.77 bits per heavy atom. The SMILES string of the molecule is O=C(NCc1cccc(Cn2ccnc2)c1)c1cccc(OCc2ccc(F)cc2)c1. The highest BCUT2D eigenvalue weighted by Crippen LogP contribution is 2.16. The molecule has 31 heavy (non-hydrogen) atoms. The maximum absolute atomic E-state index is 13.0. The molecule has 0 atom stereocenters. The van der Waals surface area contributed by atoms with E-state index in [1.165, 1.54) is 12.1 Å². The molecular formula is C25H22FN3O2. The van der Waals surface area contributed by atoms with E-state index >= 15 is 0 Å². The summed E-state index contributed by atoms with van der Waals surface area (Å²) >= 11 is 0. The molecule has 0 aliphatic carbocycles. The molecule has 5 nitrogen and oxygen atoms in total. The number of nitrogens with zero attached hydrogens (tertiary/aromatic N) is 2. The Morgan fingerprint density at radius 1 is 0.968 bits per heavy atom. The molecule has 4 rings (SSSR count). The largest absolute Gasteiger partial charge is 0.489 e. The van der Waals surface area contributed by atoms with Crippen molar-refractivity contribution in [3.05, 3.63) is 120 Å². The number of aromatic nitrogens is 2. The Bertz CT molecular complexity index is 1140. The zero-order chi connectivity index (χ0) is 21.5. The molecule has 3 aromatic carbocycles. The molecule has 1 amide bonds. The second-order valence-electron chi connectivity index (χ2n) is 7.18. The minimum atomic E-state index is -0.283. The topological polar surface area (TPSA) is 56.2 Å². The van der Waals surface area contributed by atoms with E-state index in [2.05, 4.69) is 16.4 Å². The van der Waals surface area contributed by atoms with Gasteiger partial charge >= 0.3 is 0 Å². The number of hydrogen-bond donors (Lipinski definition) is 1. The number of carbonyl (C=O) groups excluding carboxylic acids is 1. The van der Waals surface area contributed by atoms with E-state index < -0.39 is 0 Å². The van der Waals surface area contributed by atoms with E-state index in [-0.39, 0.29) is 11.7 Å². The molecule has 0 aliphatic rings. The summed E-state index contributed by atoms with van der Waals surface area (Å²) in [6.07, 6.45) is 5.45. The average Bonchev–Trinajstić information content (AvgIpc) is 3.30. The molecule has 0 saturated carbocycles. The second-order valence-corrected chi connectivity index (χ2v) is 7.18. The van der Waals surface area contributed by atoms with Gasteiger partial charge in [0.05, 0.1) is 6.33 Å². The number of ether oxygens (including phenoxy) is 1. The highest BCUT2D eigenvalue weighted by atomic mass is 19.1. The first-order valence-corrected chi connectivity index (χ1v) is 9.95. The lowest BCUT2D eigenvalue weighted by Gasteiger charge is -2.10. The van der Waals surface area contributed by atoms with Crippen LogP contribution < -0.4 is 10.1 Å². The Labute approximate surface area is 180 Å². The van der Waals surface area contributed by atoms with E-state index in [1.807, 2.05) is 29.0 Å². The van der Waals surface area contributed by atoms with Crippen LogP contribution in [0.1, 0.15) is 27.0 Å². The number of nitrogens with one attached hydrogen (secondary N) is 1. The molecule has 0 fully saturated rings. The molecule has 6 heteroatoms. The van der Waals surface area contributed by atoms with Gasteiger partial charge in [-0.1, -0.05) is 42.5 Å². The van der Waals surface area contributed by atoms with Crippen molar-refractivity contribution in [2.45, 2.75) is 19.7 Å². The van der Waals surface area contributed by atoms with Crippen molar-refractivity contribution in [2.24, 2.45) is 0 Å². The fourth-order valence-electron chi connectivity index (χ4n) is 3.19. The minimum absolute atomic E-state index is 0.174. The van der Waals surface area contributed by atoms with Crippen molar-refractivity contribution in [3.8, 4) is 5.75 Å². The van der Waals surface area contributed by atoms with Crippen LogP contribution in [-0.2, 0) is 19.7 Å². The van der Waals surface area contributed by atoms with E-state index in [0.717, 1.165) is 23.2 Å². The summed E-state index contributed by atoms with van der Waals surface area (Å²) in [7, 11) is 0. The predicted molar refractivity (Wildman–Crippen MR) is 116 cm³/mol. The number of hydrogen-bond acceptors (Lipinski definition) is 3. The minimum Gasteiger partial charge on any atom is -0.489 e. The molecule has 1 aromatic heterocycles. The average molecular weight is 415 g/mol. The smallest absolute Gasteiger partial charge is 0.251 e. The first-order chi connectivity index (χ1) is 15.2. The number of amides is 1. The lowest BCUT2D eigenvalue weighted by Crippen LogP contribution is -2.22. The molecule has 0 spiro atoms. The van der Waals surface area contributed by atoms with Crippen molar-refractivity contribution >= 4 is 5.91 Å². The van der Waals surface area contributed by atoms with Gasteiger partial charge in [0.25, 0.3) is 5.91 Å². The van der Waals surface area contributed by atoms with E-state index in [9.17, 15) is 9.18 Å². The van der Waals surface area contributed by atoms with Gasteiger partial charge < -0.3 is 14.6 Å². The molecule has 0 aliphatic heterocycles. The highest BCUT2D eigenvalue weighted by Gasteiger charge is 2.07. The van der Waals surface area contributed by atoms with Crippen molar-refractivity contribution in [2.75, 3.05) is 0 Å². The van der Waals surface area contributed by atoms with Gasteiger partial charge in [-0.3, -0.25) is 4.79 Å². The van der Waals surface area contributed by atoms with Crippen molar-refractivity contribution in [1.29, 1.82) is 0 Å². The van der Waals surface area contributed by atoms with Crippen LogP contribution in [0.5, 0.6) is 5.75 Å². The molecule has 4 aromatic rings. The summed E-state index contributed by atoms with van der Waals surface area (Å²) in [5, 5.41) is 2.95. The van der Waals surface area contributed by atoms with Crippen LogP contribution in [0.15, 0.2) is 91.5 Å². The molecule has 0 unspecified atom stereocenters. The van der Waals surface area contributed by atoms with Crippen LogP contribution in [0.4, 0.5) is 4.39 Å². The molecular weight excluding hydrogens is 393 g/mol. The first-order valence-electron chi connectivity index (χ1n) is 9.95. The van der Waals surface area contributed by atoms with E-state index in [1.54, 1.807) is 48.9 Å². The summed E-state index contributed by atoms with van der Waals surface area (Å²) in [4.78, 5) is 16.7. The Kier molecular flexibility index (Phi) is 6.38. The molecule has 0 saturated heterocycles. The lowest BCUT2D eigenvalue weighted by atomic mass is 10.1. The molecule has 0 bridgehead atoms. The summed E-state index contributed by atoms with van der Waals surface area (Å²) in [6.45, 7) is 1.46. The number of imidazole rings is 1.